The van der Waals surface area contributed by atoms with Crippen molar-refractivity contribution in [1.29, 1.82) is 0 Å². The lowest BCUT2D eigenvalue weighted by molar-refractivity contribution is -0.133. The molecule has 0 saturated heterocycles. The zero-order chi connectivity index (χ0) is 28.3. The summed E-state index contributed by atoms with van der Waals surface area (Å²) in [6.07, 6.45) is -0.332. The van der Waals surface area contributed by atoms with Crippen LogP contribution < -0.4 is 15.4 Å². The van der Waals surface area contributed by atoms with E-state index >= 15 is 0 Å². The van der Waals surface area contributed by atoms with Gasteiger partial charge in [0.05, 0.1) is 6.04 Å². The van der Waals surface area contributed by atoms with Crippen molar-refractivity contribution in [1.82, 2.24) is 10.6 Å². The minimum absolute atomic E-state index is 0.0352. The average molecular weight is 531 g/mol. The Kier molecular flexibility index (Phi) is 10.4. The fraction of sp³-hybridized carbons (Fsp3) is 0.290. The highest BCUT2D eigenvalue weighted by atomic mass is 16.5. The summed E-state index contributed by atoms with van der Waals surface area (Å²) in [7, 11) is 0. The number of ketones is 1. The highest BCUT2D eigenvalue weighted by molar-refractivity contribution is 6.28. The number of aldehydes is 1. The summed E-state index contributed by atoms with van der Waals surface area (Å²) < 4.78 is 11.1. The maximum Gasteiger partial charge on any atom is 0.408 e. The van der Waals surface area contributed by atoms with Gasteiger partial charge in [0, 0.05) is 12.8 Å². The number of rotatable bonds is 12. The van der Waals surface area contributed by atoms with Crippen molar-refractivity contribution in [2.24, 2.45) is 0 Å². The number of benzene rings is 3. The summed E-state index contributed by atoms with van der Waals surface area (Å²) in [5, 5.41) is 5.25. The van der Waals surface area contributed by atoms with Crippen LogP contribution in [0.5, 0.6) is 5.75 Å². The number of hydrogen-bond donors (Lipinski definition) is 2. The Morgan fingerprint density at radius 3 is 1.85 bits per heavy atom. The van der Waals surface area contributed by atoms with Crippen LogP contribution in [-0.4, -0.2) is 41.8 Å². The first kappa shape index (κ1) is 29.1. The molecule has 2 amide bonds. The van der Waals surface area contributed by atoms with Gasteiger partial charge < -0.3 is 20.1 Å². The third kappa shape index (κ3) is 10.1. The van der Waals surface area contributed by atoms with Gasteiger partial charge in [-0.15, -0.1) is 0 Å². The van der Waals surface area contributed by atoms with Crippen molar-refractivity contribution < 1.29 is 28.7 Å². The molecule has 0 aliphatic heterocycles. The smallest absolute Gasteiger partial charge is 0.408 e. The molecule has 3 aromatic carbocycles. The van der Waals surface area contributed by atoms with Crippen LogP contribution in [0.1, 0.15) is 37.5 Å². The Morgan fingerprint density at radius 2 is 1.28 bits per heavy atom. The van der Waals surface area contributed by atoms with Gasteiger partial charge >= 0.3 is 6.09 Å². The summed E-state index contributed by atoms with van der Waals surface area (Å²) in [6, 6.07) is 23.2. The first-order chi connectivity index (χ1) is 18.6. The average Bonchev–Trinajstić information content (AvgIpc) is 2.92. The minimum Gasteiger partial charge on any atom is -0.488 e. The monoisotopic (exact) mass is 530 g/mol. The van der Waals surface area contributed by atoms with E-state index in [1.54, 1.807) is 24.3 Å². The Hall–Kier alpha value is -4.46. The molecule has 0 heterocycles. The lowest BCUT2D eigenvalue weighted by Gasteiger charge is -2.23. The van der Waals surface area contributed by atoms with Crippen molar-refractivity contribution in [2.75, 3.05) is 0 Å². The van der Waals surface area contributed by atoms with E-state index in [1.807, 2.05) is 81.4 Å². The molecule has 2 unspecified atom stereocenters. The lowest BCUT2D eigenvalue weighted by Crippen LogP contribution is -2.53. The molecule has 2 atom stereocenters. The maximum absolute atomic E-state index is 13.3. The van der Waals surface area contributed by atoms with Crippen LogP contribution in [0.3, 0.4) is 0 Å². The van der Waals surface area contributed by atoms with E-state index in [2.05, 4.69) is 10.6 Å². The normalized spacial score (nSPS) is 12.5. The van der Waals surface area contributed by atoms with E-state index in [4.69, 9.17) is 9.47 Å². The molecule has 8 nitrogen and oxygen atoms in total. The van der Waals surface area contributed by atoms with Crippen molar-refractivity contribution in [3.63, 3.8) is 0 Å². The largest absolute Gasteiger partial charge is 0.488 e. The standard InChI is InChI=1S/C31H34N2O6/c1-31(2,3)39-25-16-14-23(15-17-25)18-26(28(35)20-34)32-29(36)27(19-22-10-6-4-7-11-22)33-30(37)38-21-24-12-8-5-9-13-24/h4-17,20,26-27H,18-19,21H2,1-3H3,(H,32,36)(H,33,37). The predicted octanol–water partition coefficient (Wildman–Crippen LogP) is 4.20. The molecule has 8 heteroatoms. The van der Waals surface area contributed by atoms with Crippen molar-refractivity contribution >= 4 is 24.1 Å². The lowest BCUT2D eigenvalue weighted by atomic mass is 10.0. The van der Waals surface area contributed by atoms with Crippen LogP contribution in [0.2, 0.25) is 0 Å². The van der Waals surface area contributed by atoms with Gasteiger partial charge in [0.25, 0.3) is 0 Å². The van der Waals surface area contributed by atoms with Crippen molar-refractivity contribution in [3.8, 4) is 5.75 Å². The molecule has 3 rings (SSSR count). The number of alkyl carbamates (subject to hydrolysis) is 1. The Balaban J connectivity index is 1.71. The van der Waals surface area contributed by atoms with E-state index < -0.39 is 29.9 Å². The number of amides is 2. The first-order valence-electron chi connectivity index (χ1n) is 12.7. The van der Waals surface area contributed by atoms with Crippen LogP contribution in [0.4, 0.5) is 4.79 Å². The Morgan fingerprint density at radius 1 is 0.744 bits per heavy atom. The van der Waals surface area contributed by atoms with E-state index in [9.17, 15) is 19.2 Å². The maximum atomic E-state index is 13.3. The fourth-order valence-electron chi connectivity index (χ4n) is 3.83. The topological polar surface area (TPSA) is 111 Å². The molecule has 39 heavy (non-hydrogen) atoms. The van der Waals surface area contributed by atoms with Gasteiger partial charge in [0.1, 0.15) is 24.0 Å². The molecule has 0 spiro atoms. The molecule has 0 radical (unpaired) electrons. The van der Waals surface area contributed by atoms with Crippen LogP contribution >= 0.6 is 0 Å². The quantitative estimate of drug-likeness (QED) is 0.268. The summed E-state index contributed by atoms with van der Waals surface area (Å²) >= 11 is 0. The SMILES string of the molecule is CC(C)(C)Oc1ccc(CC(NC(=O)C(Cc2ccccc2)NC(=O)OCc2ccccc2)C(=O)C=O)cc1. The van der Waals surface area contributed by atoms with Crippen LogP contribution in [0, 0.1) is 0 Å². The van der Waals surface area contributed by atoms with Gasteiger partial charge in [-0.3, -0.25) is 14.4 Å². The second kappa shape index (κ2) is 13.9. The number of nitrogens with one attached hydrogen (secondary N) is 2. The minimum atomic E-state index is -1.11. The highest BCUT2D eigenvalue weighted by Crippen LogP contribution is 2.19. The molecule has 2 N–H and O–H groups in total. The number of ether oxygens (including phenoxy) is 2. The first-order valence-corrected chi connectivity index (χ1v) is 12.7. The van der Waals surface area contributed by atoms with Crippen LogP contribution in [0.15, 0.2) is 84.9 Å². The van der Waals surface area contributed by atoms with Gasteiger partial charge in [0.2, 0.25) is 11.7 Å². The second-order valence-electron chi connectivity index (χ2n) is 10.1. The van der Waals surface area contributed by atoms with Gasteiger partial charge in [0.15, 0.2) is 6.29 Å². The van der Waals surface area contributed by atoms with Crippen LogP contribution in [-0.2, 0) is 38.6 Å². The van der Waals surface area contributed by atoms with E-state index in [0.717, 1.165) is 16.7 Å². The molecule has 0 saturated carbocycles. The molecule has 0 fully saturated rings. The van der Waals surface area contributed by atoms with Crippen molar-refractivity contribution in [2.45, 2.75) is 57.9 Å². The van der Waals surface area contributed by atoms with Gasteiger partial charge in [-0.05, 0) is 49.6 Å². The Labute approximate surface area is 228 Å². The van der Waals surface area contributed by atoms with Gasteiger partial charge in [-0.25, -0.2) is 4.79 Å². The molecule has 0 bridgehead atoms. The molecule has 204 valence electrons. The summed E-state index contributed by atoms with van der Waals surface area (Å²) in [6.45, 7) is 5.85. The molecular formula is C31H34N2O6. The predicted molar refractivity (Wildman–Crippen MR) is 147 cm³/mol. The number of carbonyl (C=O) groups excluding carboxylic acids is 4. The van der Waals surface area contributed by atoms with E-state index in [-0.39, 0.29) is 31.3 Å². The second-order valence-corrected chi connectivity index (χ2v) is 10.1. The van der Waals surface area contributed by atoms with Gasteiger partial charge in [-0.2, -0.15) is 0 Å². The Bertz CT molecular complexity index is 1240. The zero-order valence-corrected chi connectivity index (χ0v) is 22.4. The molecule has 0 aliphatic carbocycles. The number of hydrogen-bond acceptors (Lipinski definition) is 6. The third-order valence-corrected chi connectivity index (χ3v) is 5.67. The highest BCUT2D eigenvalue weighted by Gasteiger charge is 2.27. The van der Waals surface area contributed by atoms with Crippen molar-refractivity contribution in [3.05, 3.63) is 102 Å². The van der Waals surface area contributed by atoms with Gasteiger partial charge in [-0.1, -0.05) is 72.8 Å². The summed E-state index contributed by atoms with van der Waals surface area (Å²) in [5.74, 6) is -0.721. The van der Waals surface area contributed by atoms with E-state index in [0.29, 0.717) is 5.75 Å². The van der Waals surface area contributed by atoms with Crippen LogP contribution in [0.25, 0.3) is 0 Å². The van der Waals surface area contributed by atoms with E-state index in [1.165, 1.54) is 0 Å². The molecular weight excluding hydrogens is 496 g/mol. The molecule has 0 aliphatic rings. The molecule has 3 aromatic rings. The summed E-state index contributed by atoms with van der Waals surface area (Å²) in [5.41, 5.74) is 1.96. The molecule has 0 aromatic heterocycles. The summed E-state index contributed by atoms with van der Waals surface area (Å²) in [4.78, 5) is 49.7. The number of carbonyl (C=O) groups is 4. The fourth-order valence-corrected chi connectivity index (χ4v) is 3.83. The number of Topliss-reactive ketones (excluding diaryl/α,β-unsaturated/α-hetero) is 1. The third-order valence-electron chi connectivity index (χ3n) is 5.67. The zero-order valence-electron chi connectivity index (χ0n) is 22.4.